The Bertz CT molecular complexity index is 654. The largest absolute Gasteiger partial charge is 0.497 e. The second-order valence-corrected chi connectivity index (χ2v) is 8.31. The van der Waals surface area contributed by atoms with Gasteiger partial charge in [0.15, 0.2) is 0 Å². The number of hydrogen-bond donors (Lipinski definition) is 0. The zero-order chi connectivity index (χ0) is 19.2. The van der Waals surface area contributed by atoms with Crippen molar-refractivity contribution in [1.29, 1.82) is 0 Å². The number of carbonyl (C=O) groups is 1. The summed E-state index contributed by atoms with van der Waals surface area (Å²) in [5, 5.41) is 0. The van der Waals surface area contributed by atoms with Gasteiger partial charge in [0.25, 0.3) is 0 Å². The molecule has 1 aromatic rings. The van der Waals surface area contributed by atoms with Crippen LogP contribution in [-0.2, 0) is 14.0 Å². The summed E-state index contributed by atoms with van der Waals surface area (Å²) in [6, 6.07) is 4.79. The monoisotopic (exact) mass is 351 g/mol. The second kappa shape index (κ2) is 6.29. The number of ether oxygens (including phenoxy) is 1. The molecule has 0 atom stereocenters. The van der Waals surface area contributed by atoms with Crippen LogP contribution in [-0.4, -0.2) is 37.1 Å². The van der Waals surface area contributed by atoms with Crippen molar-refractivity contribution in [3.63, 3.8) is 0 Å². The lowest BCUT2D eigenvalue weighted by molar-refractivity contribution is 0.00578. The van der Waals surface area contributed by atoms with Gasteiger partial charge in [0.2, 0.25) is 0 Å². The van der Waals surface area contributed by atoms with Crippen LogP contribution in [0.1, 0.15) is 48.5 Å². The van der Waals surface area contributed by atoms with Gasteiger partial charge in [0.05, 0.1) is 16.9 Å². The first-order valence-corrected chi connectivity index (χ1v) is 8.36. The SMILES string of the molecule is CN(C(=O)OC(C)(C)C)c1cccc(B2OC(C)(C)C(C)(C)O2)c1F. The maximum atomic E-state index is 15.1. The number of anilines is 1. The lowest BCUT2D eigenvalue weighted by atomic mass is 9.78. The molecule has 1 heterocycles. The molecule has 138 valence electrons. The zero-order valence-corrected chi connectivity index (χ0v) is 16.3. The van der Waals surface area contributed by atoms with Crippen molar-refractivity contribution in [1.82, 2.24) is 0 Å². The summed E-state index contributed by atoms with van der Waals surface area (Å²) in [7, 11) is 0.637. The summed E-state index contributed by atoms with van der Waals surface area (Å²) in [6.07, 6.45) is -0.627. The third-order valence-corrected chi connectivity index (χ3v) is 4.54. The minimum Gasteiger partial charge on any atom is -0.443 e. The van der Waals surface area contributed by atoms with Crippen LogP contribution in [0.5, 0.6) is 0 Å². The average Bonchev–Trinajstić information content (AvgIpc) is 2.64. The summed E-state index contributed by atoms with van der Waals surface area (Å²) < 4.78 is 32.2. The van der Waals surface area contributed by atoms with Crippen molar-refractivity contribution in [2.24, 2.45) is 0 Å². The molecule has 1 aliphatic rings. The molecular formula is C18H27BFNO4. The first kappa shape index (κ1) is 19.7. The number of amides is 1. The number of rotatable bonds is 2. The van der Waals surface area contributed by atoms with E-state index in [2.05, 4.69) is 0 Å². The van der Waals surface area contributed by atoms with Gasteiger partial charge in [-0.15, -0.1) is 0 Å². The number of hydrogen-bond acceptors (Lipinski definition) is 4. The van der Waals surface area contributed by atoms with Gasteiger partial charge in [0, 0.05) is 12.5 Å². The van der Waals surface area contributed by atoms with Gasteiger partial charge < -0.3 is 14.0 Å². The van der Waals surface area contributed by atoms with E-state index in [4.69, 9.17) is 14.0 Å². The Balaban J connectivity index is 2.31. The molecule has 25 heavy (non-hydrogen) atoms. The number of benzene rings is 1. The highest BCUT2D eigenvalue weighted by Gasteiger charge is 2.52. The van der Waals surface area contributed by atoms with Gasteiger partial charge in [0.1, 0.15) is 11.4 Å². The Hall–Kier alpha value is -1.60. The van der Waals surface area contributed by atoms with Crippen LogP contribution in [0.4, 0.5) is 14.9 Å². The molecule has 0 saturated carbocycles. The summed E-state index contributed by atoms with van der Waals surface area (Å²) >= 11 is 0. The maximum Gasteiger partial charge on any atom is 0.497 e. The molecule has 1 aromatic carbocycles. The highest BCUT2D eigenvalue weighted by molar-refractivity contribution is 6.62. The van der Waals surface area contributed by atoms with Crippen molar-refractivity contribution >= 4 is 24.4 Å². The Morgan fingerprint density at radius 3 is 2.16 bits per heavy atom. The van der Waals surface area contributed by atoms with E-state index in [1.54, 1.807) is 32.9 Å². The van der Waals surface area contributed by atoms with Crippen LogP contribution < -0.4 is 10.4 Å². The summed E-state index contributed by atoms with van der Waals surface area (Å²) in [5.41, 5.74) is -1.44. The molecule has 0 aromatic heterocycles. The molecule has 7 heteroatoms. The van der Waals surface area contributed by atoms with E-state index >= 15 is 4.39 Å². The minimum absolute atomic E-state index is 0.112. The van der Waals surface area contributed by atoms with Crippen LogP contribution in [0.15, 0.2) is 18.2 Å². The first-order chi connectivity index (χ1) is 11.3. The van der Waals surface area contributed by atoms with E-state index in [1.807, 2.05) is 27.7 Å². The van der Waals surface area contributed by atoms with Gasteiger partial charge in [-0.3, -0.25) is 4.90 Å². The molecule has 0 unspecified atom stereocenters. The summed E-state index contributed by atoms with van der Waals surface area (Å²) in [6.45, 7) is 12.9. The van der Waals surface area contributed by atoms with Gasteiger partial charge >= 0.3 is 13.2 Å². The van der Waals surface area contributed by atoms with Crippen LogP contribution >= 0.6 is 0 Å². The van der Waals surface area contributed by atoms with E-state index in [0.717, 1.165) is 4.90 Å². The Morgan fingerprint density at radius 2 is 1.68 bits per heavy atom. The van der Waals surface area contributed by atoms with Crippen molar-refractivity contribution < 1.29 is 23.2 Å². The van der Waals surface area contributed by atoms with Gasteiger partial charge in [-0.1, -0.05) is 12.1 Å². The van der Waals surface area contributed by atoms with E-state index in [1.165, 1.54) is 13.1 Å². The van der Waals surface area contributed by atoms with Crippen molar-refractivity contribution in [2.75, 3.05) is 11.9 Å². The maximum absolute atomic E-state index is 15.1. The second-order valence-electron chi connectivity index (χ2n) is 8.31. The average molecular weight is 351 g/mol. The third kappa shape index (κ3) is 3.98. The molecule has 0 N–H and O–H groups in total. The third-order valence-electron chi connectivity index (χ3n) is 4.54. The van der Waals surface area contributed by atoms with E-state index in [0.29, 0.717) is 0 Å². The Morgan fingerprint density at radius 1 is 1.16 bits per heavy atom. The van der Waals surface area contributed by atoms with Crippen molar-refractivity contribution in [2.45, 2.75) is 65.3 Å². The fourth-order valence-electron chi connectivity index (χ4n) is 2.38. The predicted octanol–water partition coefficient (Wildman–Crippen LogP) is 3.50. The summed E-state index contributed by atoms with van der Waals surface area (Å²) in [5.74, 6) is -0.561. The summed E-state index contributed by atoms with van der Waals surface area (Å²) in [4.78, 5) is 13.4. The Labute approximate surface area is 149 Å². The van der Waals surface area contributed by atoms with Gasteiger partial charge in [-0.2, -0.15) is 0 Å². The molecule has 1 amide bonds. The highest BCUT2D eigenvalue weighted by atomic mass is 19.1. The van der Waals surface area contributed by atoms with Crippen LogP contribution in [0.2, 0.25) is 0 Å². The zero-order valence-electron chi connectivity index (χ0n) is 16.3. The van der Waals surface area contributed by atoms with E-state index in [9.17, 15) is 4.79 Å². The number of carbonyl (C=O) groups excluding carboxylic acids is 1. The lowest BCUT2D eigenvalue weighted by Crippen LogP contribution is -2.41. The molecule has 1 aliphatic heterocycles. The van der Waals surface area contributed by atoms with Crippen LogP contribution in [0, 0.1) is 5.82 Å². The molecule has 5 nitrogen and oxygen atoms in total. The molecule has 0 bridgehead atoms. The molecule has 0 aliphatic carbocycles. The minimum atomic E-state index is -0.836. The Kier molecular flexibility index (Phi) is 4.96. The van der Waals surface area contributed by atoms with Gasteiger partial charge in [-0.25, -0.2) is 9.18 Å². The number of nitrogens with zero attached hydrogens (tertiary/aromatic N) is 1. The standard InChI is InChI=1S/C18H27BFNO4/c1-16(2,3)23-15(22)21(8)13-11-9-10-12(14(13)20)19-24-17(4,5)18(6,7)25-19/h9-11H,1-8H3. The van der Waals surface area contributed by atoms with E-state index in [-0.39, 0.29) is 11.2 Å². The smallest absolute Gasteiger partial charge is 0.443 e. The molecule has 0 spiro atoms. The first-order valence-electron chi connectivity index (χ1n) is 8.36. The fraction of sp³-hybridized carbons (Fsp3) is 0.611. The van der Waals surface area contributed by atoms with Crippen LogP contribution in [0.25, 0.3) is 0 Å². The molecule has 0 radical (unpaired) electrons. The number of halogens is 1. The lowest BCUT2D eigenvalue weighted by Gasteiger charge is -2.32. The normalized spacial score (nSPS) is 19.0. The van der Waals surface area contributed by atoms with Crippen molar-refractivity contribution in [3.8, 4) is 0 Å². The van der Waals surface area contributed by atoms with E-state index < -0.39 is 35.8 Å². The molecular weight excluding hydrogens is 324 g/mol. The molecule has 2 rings (SSSR count). The topological polar surface area (TPSA) is 48.0 Å². The highest BCUT2D eigenvalue weighted by Crippen LogP contribution is 2.37. The quantitative estimate of drug-likeness (QED) is 0.766. The predicted molar refractivity (Wildman–Crippen MR) is 96.8 cm³/mol. The fourth-order valence-corrected chi connectivity index (χ4v) is 2.38. The molecule has 1 fully saturated rings. The van der Waals surface area contributed by atoms with Crippen molar-refractivity contribution in [3.05, 3.63) is 24.0 Å². The van der Waals surface area contributed by atoms with Crippen LogP contribution in [0.3, 0.4) is 0 Å². The molecule has 1 saturated heterocycles. The van der Waals surface area contributed by atoms with Gasteiger partial charge in [-0.05, 0) is 54.5 Å².